The Bertz CT molecular complexity index is 1050. The highest BCUT2D eigenvalue weighted by Crippen LogP contribution is 2.26. The molecule has 2 aromatic rings. The summed E-state index contributed by atoms with van der Waals surface area (Å²) in [5, 5.41) is 2.14. The quantitative estimate of drug-likeness (QED) is 0.280. The molecule has 0 saturated carbocycles. The number of ether oxygens (including phenoxy) is 2. The molecule has 0 aliphatic carbocycles. The number of hydrogen-bond donors (Lipinski definition) is 1. The number of nitrogens with one attached hydrogen (secondary N) is 1. The second-order valence-electron chi connectivity index (χ2n) is 9.78. The van der Waals surface area contributed by atoms with E-state index in [-0.39, 0.29) is 24.7 Å². The summed E-state index contributed by atoms with van der Waals surface area (Å²) >= 11 is 0. The molecule has 2 aliphatic rings. The second-order valence-corrected chi connectivity index (χ2v) is 9.78. The molecule has 1 unspecified atom stereocenters. The number of hydrogen-bond acceptors (Lipinski definition) is 6. The zero-order valence-electron chi connectivity index (χ0n) is 21.8. The molecule has 0 bridgehead atoms. The van der Waals surface area contributed by atoms with E-state index >= 15 is 0 Å². The van der Waals surface area contributed by atoms with Gasteiger partial charge in [0.05, 0.1) is 5.57 Å². The molecule has 8 heteroatoms. The van der Waals surface area contributed by atoms with E-state index in [0.717, 1.165) is 55.3 Å². The second kappa shape index (κ2) is 14.1. The van der Waals surface area contributed by atoms with Gasteiger partial charge in [0.1, 0.15) is 12.4 Å². The van der Waals surface area contributed by atoms with Crippen molar-refractivity contribution in [3.63, 3.8) is 0 Å². The van der Waals surface area contributed by atoms with Gasteiger partial charge in [0.15, 0.2) is 6.29 Å². The number of carbonyl (C=O) groups is 2. The third-order valence-corrected chi connectivity index (χ3v) is 6.89. The first kappa shape index (κ1) is 27.1. The van der Waals surface area contributed by atoms with Crippen LogP contribution in [0.4, 0.5) is 0 Å². The lowest BCUT2D eigenvalue weighted by atomic mass is 10.1. The summed E-state index contributed by atoms with van der Waals surface area (Å²) in [7, 11) is 2.07. The first-order valence-electron chi connectivity index (χ1n) is 13.4. The Balaban J connectivity index is 1.30. The van der Waals surface area contributed by atoms with Gasteiger partial charge in [-0.15, -0.1) is 0 Å². The van der Waals surface area contributed by atoms with Crippen LogP contribution in [0.25, 0.3) is 10.8 Å². The molecule has 200 valence electrons. The first-order valence-corrected chi connectivity index (χ1v) is 13.4. The molecule has 0 aromatic heterocycles. The number of fused-ring (bicyclic) bond motifs is 1. The number of piperazine rings is 1. The van der Waals surface area contributed by atoms with E-state index in [2.05, 4.69) is 29.6 Å². The lowest BCUT2D eigenvalue weighted by Crippen LogP contribution is -2.48. The van der Waals surface area contributed by atoms with Crippen molar-refractivity contribution in [3.8, 4) is 5.75 Å². The van der Waals surface area contributed by atoms with Crippen LogP contribution in [0.15, 0.2) is 54.1 Å². The summed E-state index contributed by atoms with van der Waals surface area (Å²) < 4.78 is 11.6. The van der Waals surface area contributed by atoms with Crippen molar-refractivity contribution in [3.05, 3.63) is 54.1 Å². The van der Waals surface area contributed by atoms with Crippen molar-refractivity contribution in [2.75, 3.05) is 46.4 Å². The van der Waals surface area contributed by atoms with Crippen LogP contribution < -0.4 is 10.2 Å². The maximum atomic E-state index is 13.4. The van der Waals surface area contributed by atoms with Crippen molar-refractivity contribution in [2.45, 2.75) is 51.2 Å². The smallest absolute Gasteiger partial charge is 0.252 e. The van der Waals surface area contributed by atoms with Gasteiger partial charge in [0.2, 0.25) is 5.91 Å². The number of benzene rings is 2. The third kappa shape index (κ3) is 8.28. The minimum Gasteiger partial charge on any atom is -0.488 e. The number of nitrogens with zero attached hydrogens (tertiary/aromatic N) is 2. The van der Waals surface area contributed by atoms with Crippen LogP contribution in [0.5, 0.6) is 5.75 Å². The molecule has 2 fully saturated rings. The molecule has 2 heterocycles. The maximum Gasteiger partial charge on any atom is 0.252 e. The number of unbranched alkanes of at least 4 members (excludes halogenated alkanes) is 2. The number of hydroxylamine groups is 1. The molecule has 1 N–H and O–H groups in total. The van der Waals surface area contributed by atoms with Crippen molar-refractivity contribution in [1.82, 2.24) is 15.3 Å². The van der Waals surface area contributed by atoms with Gasteiger partial charge < -0.3 is 19.3 Å². The molecular formula is C29H39N3O5. The Kier molecular flexibility index (Phi) is 10.3. The molecule has 2 aliphatic heterocycles. The Morgan fingerprint density at radius 3 is 2.68 bits per heavy atom. The number of rotatable bonds is 11. The van der Waals surface area contributed by atoms with Crippen LogP contribution in [-0.2, 0) is 19.2 Å². The van der Waals surface area contributed by atoms with Gasteiger partial charge in [-0.3, -0.25) is 9.59 Å². The third-order valence-electron chi connectivity index (χ3n) is 6.89. The molecule has 2 amide bonds. The fraction of sp³-hybridized carbons (Fsp3) is 0.517. The van der Waals surface area contributed by atoms with E-state index in [1.807, 2.05) is 41.3 Å². The van der Waals surface area contributed by atoms with E-state index in [4.69, 9.17) is 14.3 Å². The normalized spacial score (nSPS) is 19.1. The van der Waals surface area contributed by atoms with Gasteiger partial charge in [-0.25, -0.2) is 10.3 Å². The number of carbonyl (C=O) groups excluding carboxylic acids is 2. The van der Waals surface area contributed by atoms with Crippen LogP contribution in [0, 0.1) is 0 Å². The van der Waals surface area contributed by atoms with Crippen LogP contribution >= 0.6 is 0 Å². The van der Waals surface area contributed by atoms with Gasteiger partial charge in [-0.05, 0) is 50.6 Å². The predicted octanol–water partition coefficient (Wildman–Crippen LogP) is 4.05. The Labute approximate surface area is 219 Å². The lowest BCUT2D eigenvalue weighted by Gasteiger charge is -2.33. The average molecular weight is 510 g/mol. The molecule has 4 rings (SSSR count). The molecule has 2 aromatic carbocycles. The molecule has 2 saturated heterocycles. The average Bonchev–Trinajstić information content (AvgIpc) is 2.94. The van der Waals surface area contributed by atoms with Crippen molar-refractivity contribution in [1.29, 1.82) is 0 Å². The van der Waals surface area contributed by atoms with Crippen LogP contribution in [0.2, 0.25) is 0 Å². The monoisotopic (exact) mass is 509 g/mol. The highest BCUT2D eigenvalue weighted by Gasteiger charge is 2.22. The number of amides is 2. The topological polar surface area (TPSA) is 80.3 Å². The summed E-state index contributed by atoms with van der Waals surface area (Å²) in [6.45, 7) is 4.05. The van der Waals surface area contributed by atoms with Crippen LogP contribution in [0.3, 0.4) is 0 Å². The van der Waals surface area contributed by atoms with E-state index in [0.29, 0.717) is 44.5 Å². The van der Waals surface area contributed by atoms with Gasteiger partial charge in [0.25, 0.3) is 5.91 Å². The van der Waals surface area contributed by atoms with Gasteiger partial charge >= 0.3 is 0 Å². The van der Waals surface area contributed by atoms with Crippen LogP contribution in [0.1, 0.15) is 44.9 Å². The number of likely N-dealkylation sites (N-methyl/N-ethyl adjacent to an activating group) is 1. The molecule has 37 heavy (non-hydrogen) atoms. The Morgan fingerprint density at radius 1 is 1.05 bits per heavy atom. The molecule has 0 spiro atoms. The lowest BCUT2D eigenvalue weighted by molar-refractivity contribution is -0.200. The summed E-state index contributed by atoms with van der Waals surface area (Å²) in [6.07, 6.45) is 7.10. The predicted molar refractivity (Wildman–Crippen MR) is 143 cm³/mol. The SMILES string of the molecule is CN1CCN(C(=O)/C(=C/CCCCC(=O)NOC2CCCCO2)COc2cccc3ccccc23)CC1. The summed E-state index contributed by atoms with van der Waals surface area (Å²) in [6, 6.07) is 14.0. The highest BCUT2D eigenvalue weighted by atomic mass is 16.8. The molecule has 0 radical (unpaired) electrons. The molecule has 8 nitrogen and oxygen atoms in total. The van der Waals surface area contributed by atoms with Crippen molar-refractivity contribution in [2.24, 2.45) is 0 Å². The zero-order chi connectivity index (χ0) is 25.9. The van der Waals surface area contributed by atoms with Crippen molar-refractivity contribution < 1.29 is 23.9 Å². The van der Waals surface area contributed by atoms with Gasteiger partial charge in [-0.2, -0.15) is 0 Å². The van der Waals surface area contributed by atoms with E-state index in [9.17, 15) is 9.59 Å². The summed E-state index contributed by atoms with van der Waals surface area (Å²) in [5.41, 5.74) is 3.17. The number of allylic oxidation sites excluding steroid dienone is 1. The van der Waals surface area contributed by atoms with Crippen LogP contribution in [-0.4, -0.2) is 74.3 Å². The summed E-state index contributed by atoms with van der Waals surface area (Å²) in [5.74, 6) is 0.659. The summed E-state index contributed by atoms with van der Waals surface area (Å²) in [4.78, 5) is 35.0. The van der Waals surface area contributed by atoms with Gasteiger partial charge in [0, 0.05) is 51.0 Å². The maximum absolute atomic E-state index is 13.4. The fourth-order valence-corrected chi connectivity index (χ4v) is 4.59. The minimum absolute atomic E-state index is 0.0342. The minimum atomic E-state index is -0.342. The molecular weight excluding hydrogens is 470 g/mol. The van der Waals surface area contributed by atoms with E-state index < -0.39 is 0 Å². The largest absolute Gasteiger partial charge is 0.488 e. The van der Waals surface area contributed by atoms with Crippen molar-refractivity contribution >= 4 is 22.6 Å². The Hall–Kier alpha value is -2.94. The Morgan fingerprint density at radius 2 is 1.86 bits per heavy atom. The molecule has 1 atom stereocenters. The standard InChI is InChI=1S/C29H39N3O5/c1-31-17-19-32(20-18-31)29(34)24(22-36-26-14-9-12-23-10-5-6-13-25(23)26)11-3-2-4-15-27(33)30-37-28-16-7-8-21-35-28/h5-6,9-14,28H,2-4,7-8,15-22H2,1H3,(H,30,33)/b24-11+. The first-order chi connectivity index (χ1) is 18.1. The van der Waals surface area contributed by atoms with E-state index in [1.54, 1.807) is 0 Å². The van der Waals surface area contributed by atoms with Gasteiger partial charge in [-0.1, -0.05) is 42.5 Å². The fourth-order valence-electron chi connectivity index (χ4n) is 4.59. The zero-order valence-corrected chi connectivity index (χ0v) is 21.8. The highest BCUT2D eigenvalue weighted by molar-refractivity contribution is 5.94. The van der Waals surface area contributed by atoms with E-state index in [1.165, 1.54) is 0 Å².